The monoisotopic (exact) mass is 219 g/mol. The van der Waals surface area contributed by atoms with Gasteiger partial charge in [0, 0.05) is 6.04 Å². The Morgan fingerprint density at radius 1 is 1.38 bits per heavy atom. The number of benzene rings is 1. The molecule has 0 saturated heterocycles. The minimum atomic E-state index is 0.188. The first-order valence-electron chi connectivity index (χ1n) is 6.22. The quantitative estimate of drug-likeness (QED) is 0.798. The first-order valence-corrected chi connectivity index (χ1v) is 6.22. The van der Waals surface area contributed by atoms with E-state index >= 15 is 0 Å². The van der Waals surface area contributed by atoms with Gasteiger partial charge in [-0.3, -0.25) is 0 Å². The van der Waals surface area contributed by atoms with Gasteiger partial charge < -0.3 is 10.5 Å². The molecule has 2 N–H and O–H groups in total. The fourth-order valence-corrected chi connectivity index (χ4v) is 1.90. The highest BCUT2D eigenvalue weighted by atomic mass is 16.5. The zero-order chi connectivity index (χ0) is 11.4. The predicted molar refractivity (Wildman–Crippen MR) is 66.6 cm³/mol. The van der Waals surface area contributed by atoms with E-state index in [-0.39, 0.29) is 6.04 Å². The Balaban J connectivity index is 1.89. The second-order valence-corrected chi connectivity index (χ2v) is 4.87. The van der Waals surface area contributed by atoms with Gasteiger partial charge in [0.25, 0.3) is 0 Å². The van der Waals surface area contributed by atoms with Gasteiger partial charge in [0.1, 0.15) is 5.75 Å². The van der Waals surface area contributed by atoms with Crippen molar-refractivity contribution in [3.63, 3.8) is 0 Å². The lowest BCUT2D eigenvalue weighted by Gasteiger charge is -2.12. The predicted octanol–water partition coefficient (Wildman–Crippen LogP) is 2.76. The summed E-state index contributed by atoms with van der Waals surface area (Å²) in [5, 5.41) is 0. The maximum absolute atomic E-state index is 5.83. The Bertz CT molecular complexity index is 331. The van der Waals surface area contributed by atoms with Crippen molar-refractivity contribution < 1.29 is 4.74 Å². The topological polar surface area (TPSA) is 35.2 Å². The van der Waals surface area contributed by atoms with Crippen LogP contribution >= 0.6 is 0 Å². The fraction of sp³-hybridized carbons (Fsp3) is 0.571. The zero-order valence-electron chi connectivity index (χ0n) is 9.99. The Labute approximate surface area is 97.8 Å². The van der Waals surface area contributed by atoms with Crippen LogP contribution in [0.2, 0.25) is 0 Å². The summed E-state index contributed by atoms with van der Waals surface area (Å²) >= 11 is 0. The number of hydrogen-bond acceptors (Lipinski definition) is 2. The highest BCUT2D eigenvalue weighted by molar-refractivity contribution is 5.33. The summed E-state index contributed by atoms with van der Waals surface area (Å²) in [6.45, 7) is 2.88. The minimum absolute atomic E-state index is 0.188. The van der Waals surface area contributed by atoms with E-state index < -0.39 is 0 Å². The van der Waals surface area contributed by atoms with E-state index in [1.165, 1.54) is 24.8 Å². The van der Waals surface area contributed by atoms with Crippen LogP contribution in [0.1, 0.15) is 31.7 Å². The van der Waals surface area contributed by atoms with E-state index in [4.69, 9.17) is 10.5 Å². The molecule has 0 amide bonds. The van der Waals surface area contributed by atoms with Crippen molar-refractivity contribution in [3.8, 4) is 5.75 Å². The third-order valence-electron chi connectivity index (χ3n) is 3.00. The lowest BCUT2D eigenvalue weighted by molar-refractivity contribution is 0.299. The van der Waals surface area contributed by atoms with E-state index in [1.54, 1.807) is 0 Å². The highest BCUT2D eigenvalue weighted by Crippen LogP contribution is 2.32. The van der Waals surface area contributed by atoms with Gasteiger partial charge in [0.15, 0.2) is 0 Å². The average molecular weight is 219 g/mol. The molecule has 0 aromatic heterocycles. The van der Waals surface area contributed by atoms with Crippen LogP contribution in [0.25, 0.3) is 0 Å². The summed E-state index contributed by atoms with van der Waals surface area (Å²) in [5.74, 6) is 1.95. The Morgan fingerprint density at radius 2 is 2.12 bits per heavy atom. The van der Waals surface area contributed by atoms with Crippen LogP contribution in [-0.2, 0) is 6.42 Å². The molecule has 2 heteroatoms. The van der Waals surface area contributed by atoms with Crippen molar-refractivity contribution in [2.75, 3.05) is 6.61 Å². The average Bonchev–Trinajstić information content (AvgIpc) is 3.04. The molecule has 1 atom stereocenters. The lowest BCUT2D eigenvalue weighted by Crippen LogP contribution is -2.18. The van der Waals surface area contributed by atoms with Crippen LogP contribution < -0.4 is 10.5 Å². The van der Waals surface area contributed by atoms with E-state index in [0.29, 0.717) is 0 Å². The lowest BCUT2D eigenvalue weighted by atomic mass is 10.1. The number of para-hydroxylation sites is 1. The zero-order valence-corrected chi connectivity index (χ0v) is 9.99. The molecule has 1 aliphatic rings. The molecule has 0 aliphatic heterocycles. The van der Waals surface area contributed by atoms with Gasteiger partial charge in [-0.1, -0.05) is 31.0 Å². The molecule has 88 valence electrons. The van der Waals surface area contributed by atoms with E-state index in [9.17, 15) is 0 Å². The maximum atomic E-state index is 5.83. The summed E-state index contributed by atoms with van der Waals surface area (Å²) in [7, 11) is 0. The van der Waals surface area contributed by atoms with Gasteiger partial charge in [0.2, 0.25) is 0 Å². The second kappa shape index (κ2) is 5.35. The molecule has 0 radical (unpaired) electrons. The second-order valence-electron chi connectivity index (χ2n) is 4.87. The van der Waals surface area contributed by atoms with Crippen LogP contribution in [0.3, 0.4) is 0 Å². The summed E-state index contributed by atoms with van der Waals surface area (Å²) < 4.78 is 5.83. The maximum Gasteiger partial charge on any atom is 0.122 e. The van der Waals surface area contributed by atoms with E-state index in [2.05, 4.69) is 6.07 Å². The molecule has 16 heavy (non-hydrogen) atoms. The van der Waals surface area contributed by atoms with Crippen molar-refractivity contribution in [3.05, 3.63) is 29.8 Å². The third-order valence-corrected chi connectivity index (χ3v) is 3.00. The van der Waals surface area contributed by atoms with Crippen LogP contribution in [0, 0.1) is 5.92 Å². The van der Waals surface area contributed by atoms with Crippen molar-refractivity contribution in [1.82, 2.24) is 0 Å². The minimum Gasteiger partial charge on any atom is -0.493 e. The van der Waals surface area contributed by atoms with Gasteiger partial charge in [-0.05, 0) is 37.3 Å². The molecule has 1 aromatic rings. The van der Waals surface area contributed by atoms with Crippen molar-refractivity contribution in [1.29, 1.82) is 0 Å². The van der Waals surface area contributed by atoms with Crippen LogP contribution in [0.15, 0.2) is 24.3 Å². The number of hydrogen-bond donors (Lipinski definition) is 1. The first kappa shape index (κ1) is 11.5. The molecule has 2 nitrogen and oxygen atoms in total. The van der Waals surface area contributed by atoms with Crippen LogP contribution in [0.5, 0.6) is 5.75 Å². The normalized spacial score (nSPS) is 17.1. The van der Waals surface area contributed by atoms with Gasteiger partial charge in [-0.25, -0.2) is 0 Å². The van der Waals surface area contributed by atoms with Crippen LogP contribution in [-0.4, -0.2) is 12.6 Å². The molecular formula is C14H21NO. The molecule has 0 heterocycles. The molecule has 2 rings (SSSR count). The van der Waals surface area contributed by atoms with Gasteiger partial charge in [0.05, 0.1) is 6.61 Å². The summed E-state index contributed by atoms with van der Waals surface area (Å²) in [6, 6.07) is 8.41. The fourth-order valence-electron chi connectivity index (χ4n) is 1.90. The van der Waals surface area contributed by atoms with Gasteiger partial charge in [-0.2, -0.15) is 0 Å². The Morgan fingerprint density at radius 3 is 2.81 bits per heavy atom. The van der Waals surface area contributed by atoms with Crippen molar-refractivity contribution in [2.45, 2.75) is 38.6 Å². The molecule has 1 fully saturated rings. The smallest absolute Gasteiger partial charge is 0.122 e. The molecule has 0 spiro atoms. The van der Waals surface area contributed by atoms with Gasteiger partial charge >= 0.3 is 0 Å². The van der Waals surface area contributed by atoms with E-state index in [0.717, 1.165) is 24.7 Å². The Kier molecular flexibility index (Phi) is 3.83. The number of rotatable bonds is 6. The number of ether oxygens (including phenoxy) is 1. The molecule has 1 saturated carbocycles. The molecule has 1 unspecified atom stereocenters. The molecule has 1 aromatic carbocycles. The molecular weight excluding hydrogens is 198 g/mol. The van der Waals surface area contributed by atoms with Gasteiger partial charge in [-0.15, -0.1) is 0 Å². The molecule has 1 aliphatic carbocycles. The SMILES string of the molecule is CC(N)Cc1ccccc1OCCC1CC1. The largest absolute Gasteiger partial charge is 0.493 e. The summed E-state index contributed by atoms with van der Waals surface area (Å²) in [4.78, 5) is 0. The highest BCUT2D eigenvalue weighted by Gasteiger charge is 2.20. The first-order chi connectivity index (χ1) is 7.75. The molecule has 0 bridgehead atoms. The standard InChI is InChI=1S/C14H21NO/c1-11(15)10-13-4-2-3-5-14(13)16-9-8-12-6-7-12/h2-5,11-12H,6-10,15H2,1H3. The Hall–Kier alpha value is -1.02. The van der Waals surface area contributed by atoms with E-state index in [1.807, 2.05) is 25.1 Å². The third kappa shape index (κ3) is 3.53. The van der Waals surface area contributed by atoms with Crippen LogP contribution in [0.4, 0.5) is 0 Å². The summed E-state index contributed by atoms with van der Waals surface area (Å²) in [6.07, 6.45) is 4.88. The van der Waals surface area contributed by atoms with Crippen molar-refractivity contribution >= 4 is 0 Å². The van der Waals surface area contributed by atoms with Crippen molar-refractivity contribution in [2.24, 2.45) is 11.7 Å². The summed E-state index contributed by atoms with van der Waals surface area (Å²) in [5.41, 5.74) is 7.05. The number of nitrogens with two attached hydrogens (primary N) is 1.